The van der Waals surface area contributed by atoms with E-state index in [0.717, 1.165) is 46.7 Å². The van der Waals surface area contributed by atoms with Gasteiger partial charge in [-0.15, -0.1) is 11.3 Å². The molecule has 3 aromatic rings. The first-order valence-corrected chi connectivity index (χ1v) is 10.7. The van der Waals surface area contributed by atoms with Gasteiger partial charge in [-0.3, -0.25) is 4.79 Å². The molecule has 0 bridgehead atoms. The fourth-order valence-electron chi connectivity index (χ4n) is 3.58. The van der Waals surface area contributed by atoms with E-state index in [1.54, 1.807) is 0 Å². The lowest BCUT2D eigenvalue weighted by atomic mass is 10.2. The van der Waals surface area contributed by atoms with E-state index in [1.165, 1.54) is 37.0 Å². The molecule has 1 fully saturated rings. The highest BCUT2D eigenvalue weighted by atomic mass is 32.1. The number of rotatable bonds is 5. The van der Waals surface area contributed by atoms with E-state index in [2.05, 4.69) is 21.3 Å². The van der Waals surface area contributed by atoms with Gasteiger partial charge in [0.15, 0.2) is 10.8 Å². The zero-order valence-electron chi connectivity index (χ0n) is 16.1. The third-order valence-electron chi connectivity index (χ3n) is 4.97. The number of hydrogen-bond acceptors (Lipinski definition) is 5. The number of amides is 1. The zero-order chi connectivity index (χ0) is 19.3. The van der Waals surface area contributed by atoms with Crippen molar-refractivity contribution in [1.29, 1.82) is 0 Å². The Labute approximate surface area is 169 Å². The Morgan fingerprint density at radius 3 is 2.68 bits per heavy atom. The molecule has 0 atom stereocenters. The molecular weight excluding hydrogens is 370 g/mol. The van der Waals surface area contributed by atoms with Gasteiger partial charge in [-0.1, -0.05) is 25.0 Å². The summed E-state index contributed by atoms with van der Waals surface area (Å²) in [5, 5.41) is 5.82. The summed E-state index contributed by atoms with van der Waals surface area (Å²) >= 11 is 1.50. The van der Waals surface area contributed by atoms with Gasteiger partial charge in [-0.25, -0.2) is 4.98 Å². The number of aryl methyl sites for hydroxylation is 1. The molecule has 0 unspecified atom stereocenters. The summed E-state index contributed by atoms with van der Waals surface area (Å²) in [5.74, 6) is 1.56. The lowest BCUT2D eigenvalue weighted by Crippen LogP contribution is -2.26. The Morgan fingerprint density at radius 2 is 1.93 bits per heavy atom. The van der Waals surface area contributed by atoms with Crippen molar-refractivity contribution in [2.24, 2.45) is 0 Å². The van der Waals surface area contributed by atoms with Crippen molar-refractivity contribution in [3.63, 3.8) is 0 Å². The van der Waals surface area contributed by atoms with Crippen LogP contribution in [-0.2, 0) is 11.2 Å². The highest BCUT2D eigenvalue weighted by Crippen LogP contribution is 2.29. The molecule has 4 rings (SSSR count). The SMILES string of the molecule is Cc1ccc(-c2nc(CC(=O)Nc3ccccc3N3CCCCCC3)cs2)o1. The van der Waals surface area contributed by atoms with Gasteiger partial charge in [0.1, 0.15) is 5.76 Å². The summed E-state index contributed by atoms with van der Waals surface area (Å²) in [5.41, 5.74) is 2.76. The van der Waals surface area contributed by atoms with Crippen molar-refractivity contribution in [3.05, 3.63) is 53.2 Å². The normalized spacial score (nSPS) is 14.7. The van der Waals surface area contributed by atoms with Gasteiger partial charge in [0.05, 0.1) is 23.5 Å². The fraction of sp³-hybridized carbons (Fsp3) is 0.364. The number of hydrogen-bond donors (Lipinski definition) is 1. The van der Waals surface area contributed by atoms with Crippen LogP contribution in [0.1, 0.15) is 37.1 Å². The number of aromatic nitrogens is 1. The van der Waals surface area contributed by atoms with E-state index in [4.69, 9.17) is 4.42 Å². The van der Waals surface area contributed by atoms with Crippen LogP contribution in [0.25, 0.3) is 10.8 Å². The van der Waals surface area contributed by atoms with Crippen LogP contribution in [0.5, 0.6) is 0 Å². The van der Waals surface area contributed by atoms with Crippen LogP contribution in [0, 0.1) is 6.92 Å². The molecule has 1 aliphatic rings. The minimum atomic E-state index is -0.0465. The van der Waals surface area contributed by atoms with Crippen molar-refractivity contribution >= 4 is 28.6 Å². The molecule has 146 valence electrons. The first-order valence-electron chi connectivity index (χ1n) is 9.84. The van der Waals surface area contributed by atoms with Crippen LogP contribution in [0.3, 0.4) is 0 Å². The molecule has 5 nitrogen and oxygen atoms in total. The molecular formula is C22H25N3O2S. The molecule has 6 heteroatoms. The summed E-state index contributed by atoms with van der Waals surface area (Å²) in [6.07, 6.45) is 5.23. The molecule has 0 radical (unpaired) electrons. The second kappa shape index (κ2) is 8.61. The number of carbonyl (C=O) groups is 1. The summed E-state index contributed by atoms with van der Waals surface area (Å²) in [6.45, 7) is 4.00. The summed E-state index contributed by atoms with van der Waals surface area (Å²) in [4.78, 5) is 19.6. The molecule has 1 amide bonds. The summed E-state index contributed by atoms with van der Waals surface area (Å²) < 4.78 is 5.62. The zero-order valence-corrected chi connectivity index (χ0v) is 16.9. The number of benzene rings is 1. The number of furan rings is 1. The average Bonchev–Trinajstić information content (AvgIpc) is 3.23. The maximum atomic E-state index is 12.6. The Kier molecular flexibility index (Phi) is 5.76. The van der Waals surface area contributed by atoms with Crippen LogP contribution in [0.2, 0.25) is 0 Å². The van der Waals surface area contributed by atoms with E-state index in [-0.39, 0.29) is 12.3 Å². The number of thiazole rings is 1. The molecule has 1 saturated heterocycles. The molecule has 28 heavy (non-hydrogen) atoms. The average molecular weight is 396 g/mol. The van der Waals surface area contributed by atoms with E-state index in [0.29, 0.717) is 0 Å². The third kappa shape index (κ3) is 4.44. The van der Waals surface area contributed by atoms with Gasteiger partial charge in [0.25, 0.3) is 0 Å². The Balaban J connectivity index is 1.44. The number of anilines is 2. The molecule has 3 heterocycles. The maximum absolute atomic E-state index is 12.6. The maximum Gasteiger partial charge on any atom is 0.230 e. The topological polar surface area (TPSA) is 58.4 Å². The number of para-hydroxylation sites is 2. The molecule has 0 saturated carbocycles. The van der Waals surface area contributed by atoms with E-state index in [9.17, 15) is 4.79 Å². The van der Waals surface area contributed by atoms with E-state index >= 15 is 0 Å². The molecule has 1 aromatic carbocycles. The van der Waals surface area contributed by atoms with Crippen molar-refractivity contribution in [3.8, 4) is 10.8 Å². The van der Waals surface area contributed by atoms with E-state index < -0.39 is 0 Å². The third-order valence-corrected chi connectivity index (χ3v) is 5.88. The Morgan fingerprint density at radius 1 is 1.14 bits per heavy atom. The fourth-order valence-corrected chi connectivity index (χ4v) is 4.36. The number of carbonyl (C=O) groups excluding carboxylic acids is 1. The van der Waals surface area contributed by atoms with Gasteiger partial charge in [0.2, 0.25) is 5.91 Å². The van der Waals surface area contributed by atoms with Crippen LogP contribution >= 0.6 is 11.3 Å². The largest absolute Gasteiger partial charge is 0.459 e. The van der Waals surface area contributed by atoms with Crippen molar-refractivity contribution < 1.29 is 9.21 Å². The Bertz CT molecular complexity index is 939. The van der Waals surface area contributed by atoms with Crippen LogP contribution in [0.15, 0.2) is 46.2 Å². The molecule has 1 aliphatic heterocycles. The second-order valence-electron chi connectivity index (χ2n) is 7.20. The van der Waals surface area contributed by atoms with E-state index in [1.807, 2.05) is 42.6 Å². The summed E-state index contributed by atoms with van der Waals surface area (Å²) in [6, 6.07) is 11.9. The van der Waals surface area contributed by atoms with Crippen molar-refractivity contribution in [2.45, 2.75) is 39.0 Å². The first-order chi connectivity index (χ1) is 13.7. The molecule has 0 spiro atoms. The van der Waals surface area contributed by atoms with Gasteiger partial charge in [0, 0.05) is 18.5 Å². The highest BCUT2D eigenvalue weighted by Gasteiger charge is 2.16. The van der Waals surface area contributed by atoms with Crippen molar-refractivity contribution in [1.82, 2.24) is 4.98 Å². The van der Waals surface area contributed by atoms with Crippen LogP contribution in [-0.4, -0.2) is 24.0 Å². The van der Waals surface area contributed by atoms with Crippen LogP contribution < -0.4 is 10.2 Å². The standard InChI is InChI=1S/C22H25N3O2S/c1-16-10-11-20(27-16)22-23-17(15-28-22)14-21(26)24-18-8-4-5-9-19(18)25-12-6-2-3-7-13-25/h4-5,8-11,15H,2-3,6-7,12-14H2,1H3,(H,24,26). The predicted molar refractivity (Wildman–Crippen MR) is 114 cm³/mol. The number of nitrogens with one attached hydrogen (secondary N) is 1. The quantitative estimate of drug-likeness (QED) is 0.639. The lowest BCUT2D eigenvalue weighted by Gasteiger charge is -2.25. The Hall–Kier alpha value is -2.60. The minimum absolute atomic E-state index is 0.0465. The monoisotopic (exact) mass is 395 g/mol. The molecule has 1 N–H and O–H groups in total. The minimum Gasteiger partial charge on any atom is -0.459 e. The van der Waals surface area contributed by atoms with Crippen molar-refractivity contribution in [2.75, 3.05) is 23.3 Å². The van der Waals surface area contributed by atoms with Gasteiger partial charge in [-0.05, 0) is 44.0 Å². The summed E-state index contributed by atoms with van der Waals surface area (Å²) in [7, 11) is 0. The van der Waals surface area contributed by atoms with Gasteiger partial charge >= 0.3 is 0 Å². The van der Waals surface area contributed by atoms with Gasteiger partial charge in [-0.2, -0.15) is 0 Å². The molecule has 2 aromatic heterocycles. The second-order valence-corrected chi connectivity index (χ2v) is 8.06. The number of nitrogens with zero attached hydrogens (tertiary/aromatic N) is 2. The predicted octanol–water partition coefficient (Wildman–Crippen LogP) is 5.27. The molecule has 0 aliphatic carbocycles. The first kappa shape index (κ1) is 18.7. The lowest BCUT2D eigenvalue weighted by molar-refractivity contribution is -0.115. The van der Waals surface area contributed by atoms with Crippen LogP contribution in [0.4, 0.5) is 11.4 Å². The van der Waals surface area contributed by atoms with Gasteiger partial charge < -0.3 is 14.6 Å². The smallest absolute Gasteiger partial charge is 0.230 e. The highest BCUT2D eigenvalue weighted by molar-refractivity contribution is 7.13.